The number of carbonyl (C=O) groups is 2. The quantitative estimate of drug-likeness (QED) is 0.784. The molecule has 1 aliphatic rings. The number of thiazole rings is 1. The Morgan fingerprint density at radius 3 is 2.89 bits per heavy atom. The minimum atomic E-state index is -0.599. The van der Waals surface area contributed by atoms with E-state index in [1.54, 1.807) is 18.0 Å². The third kappa shape index (κ3) is 2.89. The van der Waals surface area contributed by atoms with E-state index in [2.05, 4.69) is 20.9 Å². The summed E-state index contributed by atoms with van der Waals surface area (Å²) in [7, 11) is 0. The average Bonchev–Trinajstić information content (AvgIpc) is 2.93. The van der Waals surface area contributed by atoms with Crippen LogP contribution in [-0.2, 0) is 9.53 Å². The number of carbonyl (C=O) groups excluding carboxylic acids is 2. The van der Waals surface area contributed by atoms with E-state index in [0.29, 0.717) is 18.2 Å². The van der Waals surface area contributed by atoms with Crippen LogP contribution in [0.4, 0.5) is 9.93 Å². The van der Waals surface area contributed by atoms with Crippen LogP contribution in [0, 0.1) is 0 Å². The molecule has 1 aromatic heterocycles. The topological polar surface area (TPSA) is 62.7 Å². The van der Waals surface area contributed by atoms with Crippen LogP contribution in [0.2, 0.25) is 0 Å². The predicted molar refractivity (Wildman–Crippen MR) is 75.1 cm³/mol. The van der Waals surface area contributed by atoms with Gasteiger partial charge in [0.1, 0.15) is 0 Å². The van der Waals surface area contributed by atoms with Gasteiger partial charge >= 0.3 is 12.0 Å². The zero-order valence-corrected chi connectivity index (χ0v) is 13.0. The van der Waals surface area contributed by atoms with E-state index in [-0.39, 0.29) is 18.4 Å². The van der Waals surface area contributed by atoms with Crippen molar-refractivity contribution in [2.45, 2.75) is 26.5 Å². The van der Waals surface area contributed by atoms with Crippen molar-refractivity contribution in [1.29, 1.82) is 0 Å². The Morgan fingerprint density at radius 1 is 1.63 bits per heavy atom. The molecule has 0 N–H and O–H groups in total. The molecule has 1 unspecified atom stereocenters. The SMILES string of the molecule is CCC(=O)OC1CN(CC)C(=O)N1c1ncc(Br)s1. The molecule has 1 aromatic rings. The van der Waals surface area contributed by atoms with Crippen LogP contribution in [0.5, 0.6) is 0 Å². The third-order valence-corrected chi connectivity index (χ3v) is 4.23. The highest BCUT2D eigenvalue weighted by Gasteiger charge is 2.41. The highest BCUT2D eigenvalue weighted by molar-refractivity contribution is 9.11. The average molecular weight is 348 g/mol. The van der Waals surface area contributed by atoms with Gasteiger partial charge in [0.2, 0.25) is 6.23 Å². The summed E-state index contributed by atoms with van der Waals surface area (Å²) >= 11 is 4.64. The molecule has 1 aliphatic heterocycles. The van der Waals surface area contributed by atoms with Gasteiger partial charge in [0.05, 0.1) is 16.5 Å². The Hall–Kier alpha value is -1.15. The van der Waals surface area contributed by atoms with Crippen molar-refractivity contribution in [2.24, 2.45) is 0 Å². The number of hydrogen-bond donors (Lipinski definition) is 0. The lowest BCUT2D eigenvalue weighted by atomic mass is 10.5. The molecule has 2 heterocycles. The van der Waals surface area contributed by atoms with Crippen LogP contribution in [0.1, 0.15) is 20.3 Å². The first-order valence-corrected chi connectivity index (χ1v) is 7.56. The largest absolute Gasteiger partial charge is 0.439 e. The van der Waals surface area contributed by atoms with Crippen molar-refractivity contribution < 1.29 is 14.3 Å². The number of ether oxygens (including phenoxy) is 1. The van der Waals surface area contributed by atoms with E-state index in [1.807, 2.05) is 6.92 Å². The molecule has 0 bridgehead atoms. The maximum absolute atomic E-state index is 12.2. The number of aromatic nitrogens is 1. The van der Waals surface area contributed by atoms with Crippen LogP contribution >= 0.6 is 27.3 Å². The van der Waals surface area contributed by atoms with Crippen molar-refractivity contribution in [3.63, 3.8) is 0 Å². The van der Waals surface area contributed by atoms with E-state index in [0.717, 1.165) is 3.79 Å². The van der Waals surface area contributed by atoms with Crippen LogP contribution in [0.25, 0.3) is 0 Å². The minimum absolute atomic E-state index is 0.182. The lowest BCUT2D eigenvalue weighted by molar-refractivity contribution is -0.147. The van der Waals surface area contributed by atoms with Crippen molar-refractivity contribution >= 4 is 44.4 Å². The number of urea groups is 1. The molecule has 1 atom stereocenters. The molecule has 0 spiro atoms. The van der Waals surface area contributed by atoms with Crippen molar-refractivity contribution in [2.75, 3.05) is 18.0 Å². The lowest BCUT2D eigenvalue weighted by Crippen LogP contribution is -2.37. The summed E-state index contributed by atoms with van der Waals surface area (Å²) in [6, 6.07) is -0.182. The zero-order chi connectivity index (χ0) is 14.0. The summed E-state index contributed by atoms with van der Waals surface area (Å²) in [6.45, 7) is 4.55. The molecule has 6 nitrogen and oxygen atoms in total. The molecule has 0 saturated carbocycles. The lowest BCUT2D eigenvalue weighted by Gasteiger charge is -2.19. The molecule has 2 amide bonds. The molecule has 2 rings (SSSR count). The Kier molecular flexibility index (Phi) is 4.41. The van der Waals surface area contributed by atoms with E-state index in [9.17, 15) is 9.59 Å². The molecule has 104 valence electrons. The summed E-state index contributed by atoms with van der Waals surface area (Å²) in [5.74, 6) is -0.323. The summed E-state index contributed by atoms with van der Waals surface area (Å²) in [6.07, 6.45) is 1.31. The fraction of sp³-hybridized carbons (Fsp3) is 0.545. The molecule has 0 aromatic carbocycles. The number of esters is 1. The van der Waals surface area contributed by atoms with E-state index < -0.39 is 6.23 Å². The Bertz CT molecular complexity index is 493. The van der Waals surface area contributed by atoms with Gasteiger partial charge in [-0.3, -0.25) is 4.79 Å². The van der Waals surface area contributed by atoms with Crippen molar-refractivity contribution in [3.8, 4) is 0 Å². The molecular formula is C11H14BrN3O3S. The monoisotopic (exact) mass is 347 g/mol. The molecule has 1 saturated heterocycles. The van der Waals surface area contributed by atoms with E-state index in [1.165, 1.54) is 16.2 Å². The normalized spacial score (nSPS) is 19.1. The van der Waals surface area contributed by atoms with Gasteiger partial charge in [-0.1, -0.05) is 18.3 Å². The maximum Gasteiger partial charge on any atom is 0.329 e. The van der Waals surface area contributed by atoms with Gasteiger partial charge in [0.25, 0.3) is 0 Å². The van der Waals surface area contributed by atoms with Crippen LogP contribution in [0.15, 0.2) is 9.98 Å². The number of anilines is 1. The van der Waals surface area contributed by atoms with Gasteiger partial charge in [-0.05, 0) is 22.9 Å². The van der Waals surface area contributed by atoms with Gasteiger partial charge < -0.3 is 9.64 Å². The first-order valence-electron chi connectivity index (χ1n) is 5.95. The van der Waals surface area contributed by atoms with Gasteiger partial charge in [-0.25, -0.2) is 14.7 Å². The second-order valence-electron chi connectivity index (χ2n) is 3.94. The van der Waals surface area contributed by atoms with Crippen LogP contribution in [0.3, 0.4) is 0 Å². The number of hydrogen-bond acceptors (Lipinski definition) is 5. The molecule has 0 aliphatic carbocycles. The number of rotatable bonds is 4. The first-order chi connectivity index (χ1) is 9.06. The fourth-order valence-electron chi connectivity index (χ4n) is 1.78. The minimum Gasteiger partial charge on any atom is -0.439 e. The number of nitrogens with zero attached hydrogens (tertiary/aromatic N) is 3. The summed E-state index contributed by atoms with van der Waals surface area (Å²) in [4.78, 5) is 30.9. The second kappa shape index (κ2) is 5.87. The second-order valence-corrected chi connectivity index (χ2v) is 6.32. The van der Waals surface area contributed by atoms with Gasteiger partial charge in [0.15, 0.2) is 5.13 Å². The number of halogens is 1. The number of likely N-dealkylation sites (N-methyl/N-ethyl adjacent to an activating group) is 1. The Morgan fingerprint density at radius 2 is 2.37 bits per heavy atom. The van der Waals surface area contributed by atoms with Gasteiger partial charge in [-0.15, -0.1) is 0 Å². The Labute approximate surface area is 123 Å². The molecule has 0 radical (unpaired) electrons. The van der Waals surface area contributed by atoms with Crippen LogP contribution in [-0.4, -0.2) is 41.2 Å². The standard InChI is InChI=1S/C11H14BrN3O3S/c1-3-9(16)18-8-6-14(4-2)11(17)15(8)10-13-5-7(12)19-10/h5,8H,3-4,6H2,1-2H3. The molecular weight excluding hydrogens is 334 g/mol. The van der Waals surface area contributed by atoms with Gasteiger partial charge in [-0.2, -0.15) is 0 Å². The third-order valence-electron chi connectivity index (χ3n) is 2.75. The fourth-order valence-corrected chi connectivity index (χ4v) is 2.99. The van der Waals surface area contributed by atoms with E-state index >= 15 is 0 Å². The van der Waals surface area contributed by atoms with Crippen LogP contribution < -0.4 is 4.90 Å². The number of amides is 2. The highest BCUT2D eigenvalue weighted by atomic mass is 79.9. The van der Waals surface area contributed by atoms with Crippen molar-refractivity contribution in [3.05, 3.63) is 9.98 Å². The summed E-state index contributed by atoms with van der Waals surface area (Å²) in [5.41, 5.74) is 0. The summed E-state index contributed by atoms with van der Waals surface area (Å²) in [5, 5.41) is 0.529. The zero-order valence-electron chi connectivity index (χ0n) is 10.6. The molecule has 19 heavy (non-hydrogen) atoms. The highest BCUT2D eigenvalue weighted by Crippen LogP contribution is 2.32. The molecule has 1 fully saturated rings. The van der Waals surface area contributed by atoms with E-state index in [4.69, 9.17) is 4.74 Å². The first kappa shape index (κ1) is 14.3. The van der Waals surface area contributed by atoms with Crippen molar-refractivity contribution in [1.82, 2.24) is 9.88 Å². The maximum atomic E-state index is 12.2. The predicted octanol–water partition coefficient (Wildman–Crippen LogP) is 2.45. The molecule has 8 heteroatoms. The Balaban J connectivity index is 2.24. The van der Waals surface area contributed by atoms with Gasteiger partial charge in [0, 0.05) is 13.0 Å². The smallest absolute Gasteiger partial charge is 0.329 e. The summed E-state index contributed by atoms with van der Waals surface area (Å²) < 4.78 is 6.14.